The molecule has 0 unspecified atom stereocenters. The number of rotatable bonds is 7. The predicted molar refractivity (Wildman–Crippen MR) is 111 cm³/mol. The van der Waals surface area contributed by atoms with E-state index >= 15 is 0 Å². The number of carboxylic acid groups (broad SMARTS) is 1. The van der Waals surface area contributed by atoms with Gasteiger partial charge in [0, 0.05) is 43.7 Å². The minimum absolute atomic E-state index is 0.0588. The highest BCUT2D eigenvalue weighted by atomic mass is 16.4. The first-order chi connectivity index (χ1) is 13.5. The monoisotopic (exact) mass is 384 g/mol. The van der Waals surface area contributed by atoms with Crippen molar-refractivity contribution in [2.45, 2.75) is 33.1 Å². The molecule has 0 radical (unpaired) electrons. The van der Waals surface area contributed by atoms with E-state index in [-0.39, 0.29) is 11.5 Å². The topological polar surface area (TPSA) is 85.8 Å². The number of anilines is 2. The highest BCUT2D eigenvalue weighted by Crippen LogP contribution is 2.27. The molecular weight excluding hydrogens is 356 g/mol. The molecule has 1 amide bonds. The number of hydrogen-bond donors (Lipinski definition) is 2. The second-order valence-electron chi connectivity index (χ2n) is 7.14. The molecule has 1 aliphatic heterocycles. The van der Waals surface area contributed by atoms with E-state index in [0.717, 1.165) is 45.6 Å². The van der Waals surface area contributed by atoms with E-state index in [0.29, 0.717) is 28.8 Å². The predicted octanol–water partition coefficient (Wildman–Crippen LogP) is 3.20. The average Bonchev–Trinajstić information content (AvgIpc) is 2.71. The summed E-state index contributed by atoms with van der Waals surface area (Å²) in [7, 11) is 0. The Hall–Kier alpha value is -2.67. The summed E-state index contributed by atoms with van der Waals surface area (Å²) in [6.45, 7) is 8.75. The number of pyridine rings is 1. The number of carboxylic acids is 1. The first-order valence-corrected chi connectivity index (χ1v) is 9.97. The molecule has 2 N–H and O–H groups in total. The second kappa shape index (κ2) is 9.01. The number of amides is 1. The number of piperazine rings is 1. The first-order valence-electron chi connectivity index (χ1n) is 9.97. The molecule has 2 aromatic rings. The number of hydrogen-bond acceptors (Lipinski definition) is 5. The summed E-state index contributed by atoms with van der Waals surface area (Å²) in [5, 5.41) is 13.1. The first kappa shape index (κ1) is 20.1. The van der Waals surface area contributed by atoms with Crippen molar-refractivity contribution >= 4 is 34.3 Å². The van der Waals surface area contributed by atoms with E-state index in [2.05, 4.69) is 22.0 Å². The molecule has 28 heavy (non-hydrogen) atoms. The third kappa shape index (κ3) is 4.59. The summed E-state index contributed by atoms with van der Waals surface area (Å²) >= 11 is 0. The maximum absolute atomic E-state index is 12.0. The van der Waals surface area contributed by atoms with Gasteiger partial charge in [-0.3, -0.25) is 4.79 Å². The van der Waals surface area contributed by atoms with Crippen molar-refractivity contribution in [1.82, 2.24) is 9.88 Å². The van der Waals surface area contributed by atoms with Gasteiger partial charge in [0.15, 0.2) is 0 Å². The number of nitrogens with zero attached hydrogens (tertiary/aromatic N) is 3. The van der Waals surface area contributed by atoms with Gasteiger partial charge in [-0.25, -0.2) is 9.78 Å². The van der Waals surface area contributed by atoms with Crippen molar-refractivity contribution in [1.29, 1.82) is 0 Å². The molecule has 0 spiro atoms. The van der Waals surface area contributed by atoms with Crippen LogP contribution in [-0.2, 0) is 4.79 Å². The fourth-order valence-electron chi connectivity index (χ4n) is 3.48. The van der Waals surface area contributed by atoms with E-state index in [9.17, 15) is 14.7 Å². The van der Waals surface area contributed by atoms with Gasteiger partial charge in [-0.2, -0.15) is 0 Å². The summed E-state index contributed by atoms with van der Waals surface area (Å²) in [4.78, 5) is 33.1. The Morgan fingerprint density at radius 2 is 1.89 bits per heavy atom. The fraction of sp³-hybridized carbons (Fsp3) is 0.476. The van der Waals surface area contributed by atoms with Crippen LogP contribution in [0.5, 0.6) is 0 Å². The number of aromatic carboxylic acids is 1. The van der Waals surface area contributed by atoms with Crippen molar-refractivity contribution in [2.24, 2.45) is 0 Å². The molecule has 7 heteroatoms. The van der Waals surface area contributed by atoms with E-state index in [1.807, 2.05) is 6.92 Å². The lowest BCUT2D eigenvalue weighted by atomic mass is 10.1. The summed E-state index contributed by atoms with van der Waals surface area (Å²) in [5.74, 6) is -0.355. The lowest BCUT2D eigenvalue weighted by Crippen LogP contribution is -2.46. The Kier molecular flexibility index (Phi) is 6.46. The Balaban J connectivity index is 1.88. The Morgan fingerprint density at radius 1 is 1.14 bits per heavy atom. The van der Waals surface area contributed by atoms with E-state index in [4.69, 9.17) is 4.98 Å². The third-order valence-electron chi connectivity index (χ3n) is 5.21. The number of nitrogens with one attached hydrogen (secondary N) is 1. The number of fused-ring (bicyclic) bond motifs is 1. The molecule has 1 saturated heterocycles. The molecule has 1 aromatic carbocycles. The second-order valence-corrected chi connectivity index (χ2v) is 7.14. The quantitative estimate of drug-likeness (QED) is 0.762. The smallest absolute Gasteiger partial charge is 0.336 e. The number of likely N-dealkylation sites (N-methyl/N-ethyl adjacent to an activating group) is 1. The van der Waals surface area contributed by atoms with Crippen LogP contribution in [0.1, 0.15) is 43.5 Å². The van der Waals surface area contributed by atoms with E-state index < -0.39 is 5.97 Å². The zero-order chi connectivity index (χ0) is 20.1. The summed E-state index contributed by atoms with van der Waals surface area (Å²) in [6.07, 6.45) is 2.24. The van der Waals surface area contributed by atoms with E-state index in [1.165, 1.54) is 0 Å². The van der Waals surface area contributed by atoms with Crippen LogP contribution in [0.25, 0.3) is 10.9 Å². The van der Waals surface area contributed by atoms with Crippen molar-refractivity contribution in [3.05, 3.63) is 29.8 Å². The third-order valence-corrected chi connectivity index (χ3v) is 5.21. The zero-order valence-electron chi connectivity index (χ0n) is 16.6. The standard InChI is InChI=1S/C21H28N4O3/c1-3-5-6-20(26)22-15-7-8-18-16(13-15)17(21(27)28)14-19(23-18)25-11-9-24(4-2)10-12-25/h7-8,13-14H,3-6,9-12H2,1-2H3,(H,22,26)(H,27,28). The normalized spacial score (nSPS) is 15.0. The van der Waals surface area contributed by atoms with Gasteiger partial charge in [0.05, 0.1) is 11.1 Å². The van der Waals surface area contributed by atoms with E-state index in [1.54, 1.807) is 24.3 Å². The molecule has 2 heterocycles. The van der Waals surface area contributed by atoms with Gasteiger partial charge in [0.2, 0.25) is 5.91 Å². The zero-order valence-corrected chi connectivity index (χ0v) is 16.6. The number of carbonyl (C=O) groups excluding carboxylic acids is 1. The van der Waals surface area contributed by atoms with Gasteiger partial charge >= 0.3 is 5.97 Å². The van der Waals surface area contributed by atoms with Gasteiger partial charge in [0.1, 0.15) is 5.82 Å². The van der Waals surface area contributed by atoms with Crippen molar-refractivity contribution in [2.75, 3.05) is 42.9 Å². The fourth-order valence-corrected chi connectivity index (χ4v) is 3.48. The summed E-state index contributed by atoms with van der Waals surface area (Å²) < 4.78 is 0. The maximum atomic E-state index is 12.0. The molecule has 1 fully saturated rings. The van der Waals surface area contributed by atoms with Gasteiger partial charge in [-0.05, 0) is 37.2 Å². The molecule has 0 bridgehead atoms. The van der Waals surface area contributed by atoms with Crippen molar-refractivity contribution in [3.8, 4) is 0 Å². The number of aromatic nitrogens is 1. The van der Waals surface area contributed by atoms with Crippen LogP contribution in [0.3, 0.4) is 0 Å². The van der Waals surface area contributed by atoms with Crippen LogP contribution in [0, 0.1) is 0 Å². The number of carbonyl (C=O) groups is 2. The van der Waals surface area contributed by atoms with Gasteiger partial charge in [-0.1, -0.05) is 20.3 Å². The molecule has 3 rings (SSSR count). The minimum atomic E-state index is -0.990. The number of benzene rings is 1. The average molecular weight is 384 g/mol. The van der Waals surface area contributed by atoms with Gasteiger partial charge < -0.3 is 20.2 Å². The highest BCUT2D eigenvalue weighted by Gasteiger charge is 2.20. The molecule has 0 saturated carbocycles. The van der Waals surface area contributed by atoms with Crippen LogP contribution in [0.2, 0.25) is 0 Å². The molecule has 1 aromatic heterocycles. The molecule has 0 atom stereocenters. The Labute approximate surface area is 165 Å². The van der Waals surface area contributed by atoms with Crippen LogP contribution in [0.4, 0.5) is 11.5 Å². The van der Waals surface area contributed by atoms with Crippen LogP contribution >= 0.6 is 0 Å². The summed E-state index contributed by atoms with van der Waals surface area (Å²) in [5.41, 5.74) is 1.43. The Morgan fingerprint density at radius 3 is 2.54 bits per heavy atom. The van der Waals surface area contributed by atoms with Crippen molar-refractivity contribution < 1.29 is 14.7 Å². The Bertz CT molecular complexity index is 860. The minimum Gasteiger partial charge on any atom is -0.478 e. The SMILES string of the molecule is CCCCC(=O)Nc1ccc2nc(N3CCN(CC)CC3)cc(C(=O)O)c2c1. The maximum Gasteiger partial charge on any atom is 0.336 e. The van der Waals surface area contributed by atoms with Gasteiger partial charge in [-0.15, -0.1) is 0 Å². The molecule has 150 valence electrons. The lowest BCUT2D eigenvalue weighted by molar-refractivity contribution is -0.116. The van der Waals surface area contributed by atoms with Crippen LogP contribution in [-0.4, -0.2) is 59.6 Å². The highest BCUT2D eigenvalue weighted by molar-refractivity contribution is 6.05. The largest absolute Gasteiger partial charge is 0.478 e. The summed E-state index contributed by atoms with van der Waals surface area (Å²) in [6, 6.07) is 6.91. The van der Waals surface area contributed by atoms with Crippen molar-refractivity contribution in [3.63, 3.8) is 0 Å². The molecule has 0 aliphatic carbocycles. The number of unbranched alkanes of at least 4 members (excludes halogenated alkanes) is 1. The molecule has 7 nitrogen and oxygen atoms in total. The van der Waals surface area contributed by atoms with Gasteiger partial charge in [0.25, 0.3) is 0 Å². The molecular formula is C21H28N4O3. The lowest BCUT2D eigenvalue weighted by Gasteiger charge is -2.35. The van der Waals surface area contributed by atoms with Crippen LogP contribution in [0.15, 0.2) is 24.3 Å². The molecule has 1 aliphatic rings. The van der Waals surface area contributed by atoms with Crippen LogP contribution < -0.4 is 10.2 Å².